The largest absolute Gasteiger partial charge is 0.493 e. The van der Waals surface area contributed by atoms with Crippen molar-refractivity contribution in [2.75, 3.05) is 6.61 Å². The second kappa shape index (κ2) is 6.57. The van der Waals surface area contributed by atoms with Crippen molar-refractivity contribution in [2.24, 2.45) is 11.5 Å². The highest BCUT2D eigenvalue weighted by Crippen LogP contribution is 2.19. The van der Waals surface area contributed by atoms with E-state index in [2.05, 4.69) is 13.0 Å². The molecule has 0 saturated heterocycles. The highest BCUT2D eigenvalue weighted by Gasteiger charge is 2.24. The quantitative estimate of drug-likeness (QED) is 0.740. The number of rotatable bonds is 7. The van der Waals surface area contributed by atoms with Gasteiger partial charge in [-0.3, -0.25) is 4.79 Å². The molecule has 1 unspecified atom stereocenters. The first-order valence-corrected chi connectivity index (χ1v) is 6.62. The second-order valence-corrected chi connectivity index (χ2v) is 5.36. The van der Waals surface area contributed by atoms with Gasteiger partial charge in [0.1, 0.15) is 5.75 Å². The number of primary amides is 1. The molecule has 0 radical (unpaired) electrons. The van der Waals surface area contributed by atoms with E-state index in [-0.39, 0.29) is 0 Å². The smallest absolute Gasteiger partial charge is 0.237 e. The molecule has 4 nitrogen and oxygen atoms in total. The van der Waals surface area contributed by atoms with Crippen molar-refractivity contribution in [3.05, 3.63) is 29.3 Å². The number of amides is 1. The molecular formula is C15H24N2O2. The fraction of sp³-hybridized carbons (Fsp3) is 0.533. The molecule has 0 spiro atoms. The SMILES string of the molecule is Cc1ccc(OCCCCC(C)(N)C(N)=O)c(C)c1. The summed E-state index contributed by atoms with van der Waals surface area (Å²) in [5, 5.41) is 0. The van der Waals surface area contributed by atoms with Gasteiger partial charge in [0.05, 0.1) is 12.1 Å². The van der Waals surface area contributed by atoms with Gasteiger partial charge in [0.15, 0.2) is 0 Å². The van der Waals surface area contributed by atoms with E-state index in [1.807, 2.05) is 19.1 Å². The summed E-state index contributed by atoms with van der Waals surface area (Å²) in [4.78, 5) is 11.0. The number of hydrogen-bond acceptors (Lipinski definition) is 3. The lowest BCUT2D eigenvalue weighted by atomic mass is 9.96. The zero-order valence-corrected chi connectivity index (χ0v) is 12.0. The number of ether oxygens (including phenoxy) is 1. The van der Waals surface area contributed by atoms with Gasteiger partial charge < -0.3 is 16.2 Å². The summed E-state index contributed by atoms with van der Waals surface area (Å²) < 4.78 is 5.71. The molecule has 0 bridgehead atoms. The first kappa shape index (κ1) is 15.5. The van der Waals surface area contributed by atoms with Crippen LogP contribution in [0, 0.1) is 13.8 Å². The third-order valence-electron chi connectivity index (χ3n) is 3.24. The average Bonchev–Trinajstić information content (AvgIpc) is 2.31. The van der Waals surface area contributed by atoms with Gasteiger partial charge in [0.25, 0.3) is 0 Å². The molecule has 0 aliphatic rings. The molecule has 1 aromatic carbocycles. The number of benzene rings is 1. The van der Waals surface area contributed by atoms with E-state index in [1.54, 1.807) is 6.92 Å². The normalized spacial score (nSPS) is 13.9. The van der Waals surface area contributed by atoms with E-state index in [0.717, 1.165) is 24.2 Å². The van der Waals surface area contributed by atoms with Crippen LogP contribution in [-0.4, -0.2) is 18.1 Å². The van der Waals surface area contributed by atoms with Crippen LogP contribution in [0.2, 0.25) is 0 Å². The minimum atomic E-state index is -0.917. The standard InChI is InChI=1S/C15H24N2O2/c1-11-6-7-13(12(2)10-11)19-9-5-4-8-15(3,17)14(16)18/h6-7,10H,4-5,8-9,17H2,1-3H3,(H2,16,18). The van der Waals surface area contributed by atoms with Gasteiger partial charge in [-0.15, -0.1) is 0 Å². The summed E-state index contributed by atoms with van der Waals surface area (Å²) >= 11 is 0. The fourth-order valence-electron chi connectivity index (χ4n) is 1.86. The minimum Gasteiger partial charge on any atom is -0.493 e. The Morgan fingerprint density at radius 1 is 1.32 bits per heavy atom. The average molecular weight is 264 g/mol. The van der Waals surface area contributed by atoms with Crippen molar-refractivity contribution in [1.29, 1.82) is 0 Å². The topological polar surface area (TPSA) is 78.3 Å². The Morgan fingerprint density at radius 3 is 2.58 bits per heavy atom. The molecule has 0 heterocycles. The van der Waals surface area contributed by atoms with E-state index in [4.69, 9.17) is 16.2 Å². The number of carbonyl (C=O) groups excluding carboxylic acids is 1. The van der Waals surface area contributed by atoms with E-state index in [0.29, 0.717) is 13.0 Å². The van der Waals surface area contributed by atoms with Gasteiger partial charge in [-0.1, -0.05) is 17.7 Å². The lowest BCUT2D eigenvalue weighted by molar-refractivity contribution is -0.122. The monoisotopic (exact) mass is 264 g/mol. The maximum absolute atomic E-state index is 11.0. The zero-order valence-electron chi connectivity index (χ0n) is 12.0. The number of unbranched alkanes of at least 4 members (excludes halogenated alkanes) is 1. The van der Waals surface area contributed by atoms with Gasteiger partial charge in [-0.2, -0.15) is 0 Å². The Labute approximate surface area is 115 Å². The molecule has 4 heteroatoms. The Balaban J connectivity index is 2.30. The maximum Gasteiger partial charge on any atom is 0.237 e. The van der Waals surface area contributed by atoms with Crippen molar-refractivity contribution in [3.63, 3.8) is 0 Å². The van der Waals surface area contributed by atoms with Crippen LogP contribution in [0.1, 0.15) is 37.3 Å². The first-order valence-electron chi connectivity index (χ1n) is 6.62. The predicted molar refractivity (Wildman–Crippen MR) is 77.0 cm³/mol. The maximum atomic E-state index is 11.0. The lowest BCUT2D eigenvalue weighted by Crippen LogP contribution is -2.49. The summed E-state index contributed by atoms with van der Waals surface area (Å²) in [6.07, 6.45) is 2.26. The van der Waals surface area contributed by atoms with Crippen molar-refractivity contribution in [3.8, 4) is 5.75 Å². The first-order chi connectivity index (χ1) is 8.83. The summed E-state index contributed by atoms with van der Waals surface area (Å²) in [6.45, 7) is 6.38. The van der Waals surface area contributed by atoms with Gasteiger partial charge in [0.2, 0.25) is 5.91 Å². The Morgan fingerprint density at radius 2 is 2.00 bits per heavy atom. The molecule has 4 N–H and O–H groups in total. The van der Waals surface area contributed by atoms with Crippen LogP contribution in [0.15, 0.2) is 18.2 Å². The van der Waals surface area contributed by atoms with Crippen LogP contribution in [0.25, 0.3) is 0 Å². The van der Waals surface area contributed by atoms with E-state index >= 15 is 0 Å². The lowest BCUT2D eigenvalue weighted by Gasteiger charge is -2.20. The number of carbonyl (C=O) groups is 1. The summed E-state index contributed by atoms with van der Waals surface area (Å²) in [6, 6.07) is 6.12. The van der Waals surface area contributed by atoms with Crippen LogP contribution in [0.3, 0.4) is 0 Å². The molecule has 0 aliphatic heterocycles. The van der Waals surface area contributed by atoms with E-state index < -0.39 is 11.4 Å². The number of hydrogen-bond donors (Lipinski definition) is 2. The van der Waals surface area contributed by atoms with Crippen LogP contribution in [0.4, 0.5) is 0 Å². The number of aryl methyl sites for hydroxylation is 2. The molecule has 0 aliphatic carbocycles. The van der Waals surface area contributed by atoms with Gasteiger partial charge in [-0.05, 0) is 51.7 Å². The third-order valence-corrected chi connectivity index (χ3v) is 3.24. The highest BCUT2D eigenvalue weighted by molar-refractivity contribution is 5.83. The Hall–Kier alpha value is -1.55. The summed E-state index contributed by atoms with van der Waals surface area (Å²) in [5.74, 6) is 0.457. The molecule has 19 heavy (non-hydrogen) atoms. The highest BCUT2D eigenvalue weighted by atomic mass is 16.5. The molecule has 1 aromatic rings. The molecule has 1 rings (SSSR count). The Kier molecular flexibility index (Phi) is 5.36. The third kappa shape index (κ3) is 4.91. The molecule has 0 aromatic heterocycles. The van der Waals surface area contributed by atoms with Crippen LogP contribution >= 0.6 is 0 Å². The van der Waals surface area contributed by atoms with Gasteiger partial charge >= 0.3 is 0 Å². The van der Waals surface area contributed by atoms with Crippen LogP contribution in [-0.2, 0) is 4.79 Å². The van der Waals surface area contributed by atoms with Crippen molar-refractivity contribution in [2.45, 2.75) is 45.6 Å². The van der Waals surface area contributed by atoms with Gasteiger partial charge in [-0.25, -0.2) is 0 Å². The van der Waals surface area contributed by atoms with Crippen molar-refractivity contribution in [1.82, 2.24) is 0 Å². The van der Waals surface area contributed by atoms with Crippen molar-refractivity contribution < 1.29 is 9.53 Å². The van der Waals surface area contributed by atoms with Crippen LogP contribution in [0.5, 0.6) is 5.75 Å². The van der Waals surface area contributed by atoms with Crippen LogP contribution < -0.4 is 16.2 Å². The van der Waals surface area contributed by atoms with E-state index in [9.17, 15) is 4.79 Å². The summed E-state index contributed by atoms with van der Waals surface area (Å²) in [7, 11) is 0. The minimum absolute atomic E-state index is 0.456. The molecule has 1 amide bonds. The molecule has 0 saturated carbocycles. The van der Waals surface area contributed by atoms with E-state index in [1.165, 1.54) is 5.56 Å². The second-order valence-electron chi connectivity index (χ2n) is 5.36. The zero-order chi connectivity index (χ0) is 14.5. The van der Waals surface area contributed by atoms with Crippen molar-refractivity contribution >= 4 is 5.91 Å². The molecule has 106 valence electrons. The predicted octanol–water partition coefficient (Wildman–Crippen LogP) is 2.06. The number of nitrogens with two attached hydrogens (primary N) is 2. The molecular weight excluding hydrogens is 240 g/mol. The van der Waals surface area contributed by atoms with Gasteiger partial charge in [0, 0.05) is 0 Å². The Bertz CT molecular complexity index is 442. The molecule has 1 atom stereocenters. The molecule has 0 fully saturated rings. The fourth-order valence-corrected chi connectivity index (χ4v) is 1.86. The summed E-state index contributed by atoms with van der Waals surface area (Å²) in [5.41, 5.74) is 12.4.